The van der Waals surface area contributed by atoms with Crippen molar-refractivity contribution >= 4 is 33.4 Å². The second kappa shape index (κ2) is 7.99. The fourth-order valence-electron chi connectivity index (χ4n) is 2.54. The minimum Gasteiger partial charge on any atom is -0.477 e. The van der Waals surface area contributed by atoms with E-state index in [0.717, 1.165) is 20.9 Å². The number of rotatable bonds is 7. The molecule has 0 spiro atoms. The normalized spacial score (nSPS) is 12.5. The Labute approximate surface area is 151 Å². The summed E-state index contributed by atoms with van der Waals surface area (Å²) in [6.45, 7) is 5.13. The molecule has 0 saturated carbocycles. The number of aromatic nitrogens is 2. The molecule has 126 valence electrons. The lowest BCUT2D eigenvalue weighted by molar-refractivity contribution is 0.244. The summed E-state index contributed by atoms with van der Waals surface area (Å²) in [6, 6.07) is 12.4. The zero-order chi connectivity index (χ0) is 16.9. The summed E-state index contributed by atoms with van der Waals surface area (Å²) in [5.41, 5.74) is 2.06. The summed E-state index contributed by atoms with van der Waals surface area (Å²) in [5.74, 6) is 1.25. The standard InChI is InChI=1S/C19H22N2OS2/c1-4-5-13(2)12-22-17-11-10-16-19(21-17)24-18(20-16)14-6-8-15(23-3)9-7-14/h6-11,13H,4-5,12H2,1-3H3. The number of hydrogen-bond donors (Lipinski definition) is 0. The van der Waals surface area contributed by atoms with Gasteiger partial charge in [0.05, 0.1) is 6.61 Å². The van der Waals surface area contributed by atoms with Gasteiger partial charge in [-0.05, 0) is 36.8 Å². The molecule has 0 radical (unpaired) electrons. The topological polar surface area (TPSA) is 35.0 Å². The minimum absolute atomic E-state index is 0.555. The highest BCUT2D eigenvalue weighted by atomic mass is 32.2. The number of benzene rings is 1. The fourth-order valence-corrected chi connectivity index (χ4v) is 3.88. The van der Waals surface area contributed by atoms with Crippen molar-refractivity contribution in [3.63, 3.8) is 0 Å². The highest BCUT2D eigenvalue weighted by molar-refractivity contribution is 7.98. The molecule has 24 heavy (non-hydrogen) atoms. The van der Waals surface area contributed by atoms with Gasteiger partial charge in [-0.3, -0.25) is 0 Å². The smallest absolute Gasteiger partial charge is 0.214 e. The number of pyridine rings is 1. The van der Waals surface area contributed by atoms with Gasteiger partial charge >= 0.3 is 0 Å². The van der Waals surface area contributed by atoms with Crippen LogP contribution in [0.4, 0.5) is 0 Å². The van der Waals surface area contributed by atoms with Crippen molar-refractivity contribution in [2.75, 3.05) is 12.9 Å². The molecule has 5 heteroatoms. The summed E-state index contributed by atoms with van der Waals surface area (Å²) >= 11 is 3.36. The molecule has 2 heterocycles. The van der Waals surface area contributed by atoms with Crippen LogP contribution in [0.2, 0.25) is 0 Å². The molecule has 1 atom stereocenters. The van der Waals surface area contributed by atoms with E-state index in [0.29, 0.717) is 18.4 Å². The quantitative estimate of drug-likeness (QED) is 0.493. The number of nitrogens with zero attached hydrogens (tertiary/aromatic N) is 2. The van der Waals surface area contributed by atoms with Crippen LogP contribution < -0.4 is 4.74 Å². The molecule has 1 unspecified atom stereocenters. The second-order valence-corrected chi connectivity index (χ2v) is 7.78. The van der Waals surface area contributed by atoms with Crippen LogP contribution >= 0.6 is 23.1 Å². The zero-order valence-corrected chi connectivity index (χ0v) is 15.9. The van der Waals surface area contributed by atoms with E-state index in [9.17, 15) is 0 Å². The second-order valence-electron chi connectivity index (χ2n) is 5.93. The van der Waals surface area contributed by atoms with Gasteiger partial charge in [0.1, 0.15) is 15.4 Å². The van der Waals surface area contributed by atoms with Crippen molar-refractivity contribution in [3.05, 3.63) is 36.4 Å². The predicted octanol–water partition coefficient (Wildman–Crippen LogP) is 5.90. The molecule has 3 rings (SSSR count). The van der Waals surface area contributed by atoms with E-state index in [4.69, 9.17) is 9.72 Å². The van der Waals surface area contributed by atoms with Gasteiger partial charge in [0.25, 0.3) is 0 Å². The van der Waals surface area contributed by atoms with Crippen molar-refractivity contribution in [3.8, 4) is 16.5 Å². The maximum Gasteiger partial charge on any atom is 0.214 e. The molecule has 0 amide bonds. The Kier molecular flexibility index (Phi) is 5.74. The highest BCUT2D eigenvalue weighted by Crippen LogP contribution is 2.31. The number of thioether (sulfide) groups is 1. The number of ether oxygens (including phenoxy) is 1. The molecular weight excluding hydrogens is 336 g/mol. The lowest BCUT2D eigenvalue weighted by atomic mass is 10.1. The van der Waals surface area contributed by atoms with E-state index in [1.807, 2.05) is 12.1 Å². The molecule has 3 nitrogen and oxygen atoms in total. The van der Waals surface area contributed by atoms with E-state index in [2.05, 4.69) is 49.4 Å². The van der Waals surface area contributed by atoms with Crippen LogP contribution in [0.25, 0.3) is 20.9 Å². The van der Waals surface area contributed by atoms with E-state index in [-0.39, 0.29) is 0 Å². The van der Waals surface area contributed by atoms with Gasteiger partial charge in [-0.15, -0.1) is 11.8 Å². The molecule has 0 aliphatic carbocycles. The van der Waals surface area contributed by atoms with E-state index in [1.165, 1.54) is 17.7 Å². The van der Waals surface area contributed by atoms with Crippen molar-refractivity contribution in [2.24, 2.45) is 5.92 Å². The summed E-state index contributed by atoms with van der Waals surface area (Å²) < 4.78 is 5.84. The van der Waals surface area contributed by atoms with Crippen LogP contribution in [0.3, 0.4) is 0 Å². The van der Waals surface area contributed by atoms with Crippen molar-refractivity contribution < 1.29 is 4.74 Å². The average Bonchev–Trinajstić information content (AvgIpc) is 3.03. The summed E-state index contributed by atoms with van der Waals surface area (Å²) in [5, 5.41) is 1.00. The molecule has 0 fully saturated rings. The molecular formula is C19H22N2OS2. The van der Waals surface area contributed by atoms with E-state index < -0.39 is 0 Å². The highest BCUT2D eigenvalue weighted by Gasteiger charge is 2.09. The van der Waals surface area contributed by atoms with Gasteiger partial charge in [0.15, 0.2) is 0 Å². The molecule has 1 aromatic carbocycles. The van der Waals surface area contributed by atoms with Crippen molar-refractivity contribution in [1.82, 2.24) is 9.97 Å². The first-order valence-corrected chi connectivity index (χ1v) is 10.3. The Hall–Kier alpha value is -1.59. The average molecular weight is 359 g/mol. The Morgan fingerprint density at radius 2 is 1.92 bits per heavy atom. The Balaban J connectivity index is 1.78. The molecule has 2 aromatic heterocycles. The first-order valence-electron chi connectivity index (χ1n) is 8.24. The van der Waals surface area contributed by atoms with Gasteiger partial charge < -0.3 is 4.74 Å². The van der Waals surface area contributed by atoms with Crippen LogP contribution in [-0.4, -0.2) is 22.8 Å². The van der Waals surface area contributed by atoms with E-state index >= 15 is 0 Å². The van der Waals surface area contributed by atoms with Crippen LogP contribution in [0.15, 0.2) is 41.3 Å². The minimum atomic E-state index is 0.555. The van der Waals surface area contributed by atoms with Crippen molar-refractivity contribution in [1.29, 1.82) is 0 Å². The Morgan fingerprint density at radius 3 is 2.62 bits per heavy atom. The fraction of sp³-hybridized carbons (Fsp3) is 0.368. The third-order valence-corrected chi connectivity index (χ3v) is 5.62. The van der Waals surface area contributed by atoms with Crippen molar-refractivity contribution in [2.45, 2.75) is 31.6 Å². The molecule has 0 aliphatic heterocycles. The molecule has 3 aromatic rings. The molecule has 0 saturated heterocycles. The number of fused-ring (bicyclic) bond motifs is 1. The van der Waals surface area contributed by atoms with Gasteiger partial charge in [0.2, 0.25) is 5.88 Å². The van der Waals surface area contributed by atoms with Crippen LogP contribution in [0.5, 0.6) is 5.88 Å². The third-order valence-electron chi connectivity index (χ3n) is 3.86. The first kappa shape index (κ1) is 17.2. The largest absolute Gasteiger partial charge is 0.477 e. The van der Waals surface area contributed by atoms with Crippen LogP contribution in [-0.2, 0) is 0 Å². The maximum atomic E-state index is 5.84. The Morgan fingerprint density at radius 1 is 1.12 bits per heavy atom. The maximum absolute atomic E-state index is 5.84. The third kappa shape index (κ3) is 4.08. The first-order chi connectivity index (χ1) is 11.7. The number of thiazole rings is 1. The van der Waals surface area contributed by atoms with Gasteiger partial charge in [0, 0.05) is 16.5 Å². The molecule has 0 aliphatic rings. The van der Waals surface area contributed by atoms with Gasteiger partial charge in [-0.1, -0.05) is 43.7 Å². The lowest BCUT2D eigenvalue weighted by Crippen LogP contribution is -2.08. The van der Waals surface area contributed by atoms with Crippen LogP contribution in [0.1, 0.15) is 26.7 Å². The lowest BCUT2D eigenvalue weighted by Gasteiger charge is -2.10. The van der Waals surface area contributed by atoms with Gasteiger partial charge in [-0.25, -0.2) is 9.97 Å². The van der Waals surface area contributed by atoms with E-state index in [1.54, 1.807) is 23.1 Å². The molecule has 0 bridgehead atoms. The Bertz CT molecular complexity index is 799. The summed E-state index contributed by atoms with van der Waals surface area (Å²) in [7, 11) is 0. The SMILES string of the molecule is CCCC(C)COc1ccc2nc(-c3ccc(SC)cc3)sc2n1. The molecule has 0 N–H and O–H groups in total. The predicted molar refractivity (Wildman–Crippen MR) is 104 cm³/mol. The van der Waals surface area contributed by atoms with Crippen LogP contribution in [0, 0.1) is 5.92 Å². The zero-order valence-electron chi connectivity index (χ0n) is 14.3. The number of hydrogen-bond acceptors (Lipinski definition) is 5. The summed E-state index contributed by atoms with van der Waals surface area (Å²) in [4.78, 5) is 11.5. The van der Waals surface area contributed by atoms with Gasteiger partial charge in [-0.2, -0.15) is 0 Å². The summed E-state index contributed by atoms with van der Waals surface area (Å²) in [6.07, 6.45) is 4.45. The monoisotopic (exact) mass is 358 g/mol.